The molecule has 2 aromatic rings. The number of carbonyl (C=O) groups is 1. The summed E-state index contributed by atoms with van der Waals surface area (Å²) in [5, 5.41) is 0.834. The van der Waals surface area contributed by atoms with Crippen molar-refractivity contribution >= 4 is 33.1 Å². The van der Waals surface area contributed by atoms with E-state index in [-0.39, 0.29) is 11.1 Å². The Morgan fingerprint density at radius 3 is 2.56 bits per heavy atom. The Morgan fingerprint density at radius 2 is 1.94 bits per heavy atom. The summed E-state index contributed by atoms with van der Waals surface area (Å²) in [6.07, 6.45) is 0.555. The molecule has 0 saturated carbocycles. The maximum absolute atomic E-state index is 11.3. The van der Waals surface area contributed by atoms with Crippen molar-refractivity contribution in [1.29, 1.82) is 0 Å². The van der Waals surface area contributed by atoms with Gasteiger partial charge in [-0.3, -0.25) is 9.59 Å². The van der Waals surface area contributed by atoms with E-state index in [1.54, 1.807) is 12.1 Å². The van der Waals surface area contributed by atoms with Gasteiger partial charge in [-0.25, -0.2) is 0 Å². The number of aromatic nitrogens is 1. The highest BCUT2D eigenvalue weighted by Crippen LogP contribution is 2.17. The van der Waals surface area contributed by atoms with Crippen molar-refractivity contribution in [3.8, 4) is 0 Å². The topological polar surface area (TPSA) is 49.9 Å². The molecule has 0 radical (unpaired) electrons. The number of nitrogens with one attached hydrogen (secondary N) is 1. The molecular weight excluding hydrogens is 270 g/mol. The Morgan fingerprint density at radius 1 is 1.25 bits per heavy atom. The molecule has 0 atom stereocenters. The van der Waals surface area contributed by atoms with E-state index in [1.807, 2.05) is 26.0 Å². The van der Waals surface area contributed by atoms with Crippen LogP contribution in [0.15, 0.2) is 33.5 Å². The van der Waals surface area contributed by atoms with E-state index in [2.05, 4.69) is 20.9 Å². The van der Waals surface area contributed by atoms with Crippen molar-refractivity contribution in [1.82, 2.24) is 4.98 Å². The smallest absolute Gasteiger partial charge is 0.259 e. The Bertz CT molecular complexity index is 560. The normalized spacial score (nSPS) is 9.44. The molecule has 0 spiro atoms. The Kier molecular flexibility index (Phi) is 4.43. The third kappa shape index (κ3) is 2.58. The molecule has 2 rings (SSSR count). The highest BCUT2D eigenvalue weighted by molar-refractivity contribution is 9.10. The van der Waals surface area contributed by atoms with Crippen LogP contribution in [0.25, 0.3) is 10.9 Å². The first kappa shape index (κ1) is 12.6. The van der Waals surface area contributed by atoms with Crippen LogP contribution in [0, 0.1) is 0 Å². The second kappa shape index (κ2) is 5.61. The lowest BCUT2D eigenvalue weighted by molar-refractivity contribution is 0.112. The van der Waals surface area contributed by atoms with Crippen molar-refractivity contribution in [3.63, 3.8) is 0 Å². The van der Waals surface area contributed by atoms with Gasteiger partial charge in [-0.15, -0.1) is 0 Å². The number of hydrogen-bond acceptors (Lipinski definition) is 2. The van der Waals surface area contributed by atoms with Gasteiger partial charge in [0.25, 0.3) is 5.56 Å². The van der Waals surface area contributed by atoms with Gasteiger partial charge in [0.05, 0.1) is 5.56 Å². The van der Waals surface area contributed by atoms with E-state index >= 15 is 0 Å². The summed E-state index contributed by atoms with van der Waals surface area (Å²) in [6.45, 7) is 4.00. The van der Waals surface area contributed by atoms with Crippen LogP contribution in [0.2, 0.25) is 0 Å². The van der Waals surface area contributed by atoms with Gasteiger partial charge in [0.1, 0.15) is 0 Å². The van der Waals surface area contributed by atoms with Crippen LogP contribution < -0.4 is 5.56 Å². The number of hydrogen-bond donors (Lipinski definition) is 1. The lowest BCUT2D eigenvalue weighted by Gasteiger charge is -1.98. The number of benzene rings is 1. The van der Waals surface area contributed by atoms with E-state index in [0.29, 0.717) is 6.29 Å². The molecule has 0 fully saturated rings. The number of H-pyrrole nitrogens is 1. The molecule has 0 saturated heterocycles. The molecule has 0 amide bonds. The molecular formula is C12H12BrNO2. The van der Waals surface area contributed by atoms with Gasteiger partial charge in [0.2, 0.25) is 0 Å². The number of aromatic amines is 1. The Balaban J connectivity index is 0.000000606. The zero-order valence-electron chi connectivity index (χ0n) is 9.08. The average Bonchev–Trinajstić information content (AvgIpc) is 2.31. The molecule has 84 valence electrons. The van der Waals surface area contributed by atoms with Gasteiger partial charge in [0.15, 0.2) is 6.29 Å². The first-order valence-corrected chi connectivity index (χ1v) is 5.78. The number of pyridine rings is 1. The Labute approximate surface area is 102 Å². The van der Waals surface area contributed by atoms with E-state index in [0.717, 1.165) is 15.4 Å². The lowest BCUT2D eigenvalue weighted by atomic mass is 10.2. The van der Waals surface area contributed by atoms with Gasteiger partial charge in [-0.1, -0.05) is 29.8 Å². The molecule has 0 aliphatic heterocycles. The van der Waals surface area contributed by atoms with Crippen molar-refractivity contribution in [3.05, 3.63) is 44.7 Å². The quantitative estimate of drug-likeness (QED) is 0.817. The average molecular weight is 282 g/mol. The number of carbonyl (C=O) groups excluding carboxylic acids is 1. The summed E-state index contributed by atoms with van der Waals surface area (Å²) < 4.78 is 0.911. The second-order valence-corrected chi connectivity index (χ2v) is 3.82. The van der Waals surface area contributed by atoms with Crippen LogP contribution in [0.5, 0.6) is 0 Å². The maximum Gasteiger partial charge on any atom is 0.259 e. The summed E-state index contributed by atoms with van der Waals surface area (Å²) in [7, 11) is 0. The molecule has 0 aliphatic rings. The molecule has 3 nitrogen and oxygen atoms in total. The van der Waals surface area contributed by atoms with Crippen LogP contribution in [-0.2, 0) is 0 Å². The van der Waals surface area contributed by atoms with Crippen LogP contribution >= 0.6 is 15.9 Å². The fourth-order valence-corrected chi connectivity index (χ4v) is 1.66. The summed E-state index contributed by atoms with van der Waals surface area (Å²) in [5.74, 6) is 0. The molecule has 1 aromatic heterocycles. The fourth-order valence-electron chi connectivity index (χ4n) is 1.28. The minimum atomic E-state index is -0.352. The third-order valence-electron chi connectivity index (χ3n) is 1.96. The van der Waals surface area contributed by atoms with Crippen molar-refractivity contribution in [2.24, 2.45) is 0 Å². The number of fused-ring (bicyclic) bond motifs is 1. The van der Waals surface area contributed by atoms with E-state index in [4.69, 9.17) is 0 Å². The fraction of sp³-hybridized carbons (Fsp3) is 0.167. The number of rotatable bonds is 1. The predicted molar refractivity (Wildman–Crippen MR) is 69.0 cm³/mol. The van der Waals surface area contributed by atoms with Gasteiger partial charge in [-0.05, 0) is 24.3 Å². The molecule has 1 heterocycles. The van der Waals surface area contributed by atoms with Gasteiger partial charge < -0.3 is 4.98 Å². The monoisotopic (exact) mass is 281 g/mol. The van der Waals surface area contributed by atoms with E-state index in [1.165, 1.54) is 0 Å². The highest BCUT2D eigenvalue weighted by atomic mass is 79.9. The first-order chi connectivity index (χ1) is 7.70. The highest BCUT2D eigenvalue weighted by Gasteiger charge is 2.01. The summed E-state index contributed by atoms with van der Waals surface area (Å²) in [5.41, 5.74) is 0.522. The third-order valence-corrected chi connectivity index (χ3v) is 2.46. The van der Waals surface area contributed by atoms with E-state index in [9.17, 15) is 9.59 Å². The summed E-state index contributed by atoms with van der Waals surface area (Å²) >= 11 is 3.32. The Hall–Kier alpha value is -1.42. The van der Waals surface area contributed by atoms with Crippen LogP contribution in [-0.4, -0.2) is 11.3 Å². The van der Waals surface area contributed by atoms with Gasteiger partial charge in [-0.2, -0.15) is 0 Å². The van der Waals surface area contributed by atoms with E-state index < -0.39 is 0 Å². The molecule has 0 aliphatic carbocycles. The minimum absolute atomic E-state index is 0.149. The van der Waals surface area contributed by atoms with Crippen molar-refractivity contribution in [2.75, 3.05) is 0 Å². The minimum Gasteiger partial charge on any atom is -0.321 e. The molecule has 1 N–H and O–H groups in total. The summed E-state index contributed by atoms with van der Waals surface area (Å²) in [6, 6.07) is 7.04. The SMILES string of the molecule is CC.O=Cc1cc2cc(Br)ccc2[nH]c1=O. The van der Waals surface area contributed by atoms with Gasteiger partial charge >= 0.3 is 0 Å². The van der Waals surface area contributed by atoms with Crippen molar-refractivity contribution in [2.45, 2.75) is 13.8 Å². The van der Waals surface area contributed by atoms with Gasteiger partial charge in [0, 0.05) is 15.4 Å². The molecule has 0 unspecified atom stereocenters. The zero-order chi connectivity index (χ0) is 12.1. The molecule has 4 heteroatoms. The molecule has 16 heavy (non-hydrogen) atoms. The summed E-state index contributed by atoms with van der Waals surface area (Å²) in [4.78, 5) is 24.4. The maximum atomic E-state index is 11.3. The van der Waals surface area contributed by atoms with Crippen LogP contribution in [0.3, 0.4) is 0 Å². The van der Waals surface area contributed by atoms with Crippen molar-refractivity contribution < 1.29 is 4.79 Å². The second-order valence-electron chi connectivity index (χ2n) is 2.90. The predicted octanol–water partition coefficient (Wildman–Crippen LogP) is 3.13. The van der Waals surface area contributed by atoms with Crippen LogP contribution in [0.4, 0.5) is 0 Å². The number of aldehydes is 1. The lowest BCUT2D eigenvalue weighted by Crippen LogP contribution is -2.11. The first-order valence-electron chi connectivity index (χ1n) is 4.98. The molecule has 0 bridgehead atoms. The largest absolute Gasteiger partial charge is 0.321 e. The van der Waals surface area contributed by atoms with Crippen LogP contribution in [0.1, 0.15) is 24.2 Å². The zero-order valence-corrected chi connectivity index (χ0v) is 10.7. The number of halogens is 1. The molecule has 1 aromatic carbocycles. The standard InChI is InChI=1S/C10H6BrNO2.C2H6/c11-8-1-2-9-6(4-8)3-7(5-13)10(14)12-9;1-2/h1-5H,(H,12,14);1-2H3.